The fourth-order valence-corrected chi connectivity index (χ4v) is 11.9. The molecule has 2 unspecified atom stereocenters. The van der Waals surface area contributed by atoms with Gasteiger partial charge in [-0.15, -0.1) is 0 Å². The highest BCUT2D eigenvalue weighted by atomic mass is 35.5. The molecule has 9 heterocycles. The predicted molar refractivity (Wildman–Crippen MR) is 261 cm³/mol. The van der Waals surface area contributed by atoms with Crippen molar-refractivity contribution in [1.29, 1.82) is 0 Å². The van der Waals surface area contributed by atoms with Gasteiger partial charge in [-0.05, 0) is 87.7 Å². The van der Waals surface area contributed by atoms with E-state index in [-0.39, 0.29) is 60.5 Å². The van der Waals surface area contributed by atoms with Crippen LogP contribution in [0.25, 0.3) is 10.9 Å². The highest BCUT2D eigenvalue weighted by Gasteiger charge is 2.47. The summed E-state index contributed by atoms with van der Waals surface area (Å²) in [5.41, 5.74) is 2.56. The van der Waals surface area contributed by atoms with Crippen LogP contribution in [0, 0.1) is 17.3 Å². The first kappa shape index (κ1) is 46.6. The fourth-order valence-electron chi connectivity index (χ4n) is 11.8. The van der Waals surface area contributed by atoms with Gasteiger partial charge >= 0.3 is 0 Å². The summed E-state index contributed by atoms with van der Waals surface area (Å²) in [5.74, 6) is -0.177. The topological polar surface area (TPSA) is 221 Å². The number of imide groups is 2. The lowest BCUT2D eigenvalue weighted by molar-refractivity contribution is -0.138. The van der Waals surface area contributed by atoms with E-state index in [0.717, 1.165) is 82.1 Å². The zero-order valence-corrected chi connectivity index (χ0v) is 40.3. The highest BCUT2D eigenvalue weighted by molar-refractivity contribution is 6.33. The number of amides is 6. The molecule has 6 amide bonds. The molecule has 7 aliphatic rings. The van der Waals surface area contributed by atoms with E-state index in [1.807, 2.05) is 12.1 Å². The minimum atomic E-state index is -0.986. The van der Waals surface area contributed by atoms with Crippen LogP contribution in [-0.4, -0.2) is 150 Å². The summed E-state index contributed by atoms with van der Waals surface area (Å²) >= 11 is 6.63. The van der Waals surface area contributed by atoms with Gasteiger partial charge in [-0.25, -0.2) is 4.98 Å². The Bertz CT molecular complexity index is 2930. The lowest BCUT2D eigenvalue weighted by Crippen LogP contribution is -2.54. The number of halogens is 1. The number of nitrogens with one attached hydrogen (secondary N) is 3. The molecule has 5 saturated heterocycles. The molecule has 21 heteroatoms. The average molecular weight is 991 g/mol. The molecule has 3 N–H and O–H groups in total. The smallest absolute Gasteiger partial charge is 0.293 e. The molecule has 7 aliphatic heterocycles. The van der Waals surface area contributed by atoms with E-state index in [0.29, 0.717) is 88.6 Å². The number of carbonyl (C=O) groups is 6. The number of hydrogen-bond donors (Lipinski definition) is 3. The van der Waals surface area contributed by atoms with Gasteiger partial charge in [-0.1, -0.05) is 11.6 Å². The predicted octanol–water partition coefficient (Wildman–Crippen LogP) is 3.16. The SMILES string of the molecule is CNC(=O)COc1cc2cc(Nc3nc(N4CCC(C(=O)N5CCC(CN6CCC7(CCN(c8ccc9c(c8)C(=O)N(C8CCC(=O)NC8=O)C9=O)C7)C6)CC5)CC4)ncc3Cl)cc3c2n(c1=O)CCO3. The Morgan fingerprint density at radius 1 is 0.887 bits per heavy atom. The summed E-state index contributed by atoms with van der Waals surface area (Å²) in [6, 6.07) is 9.65. The van der Waals surface area contributed by atoms with Gasteiger partial charge in [-0.2, -0.15) is 4.98 Å². The summed E-state index contributed by atoms with van der Waals surface area (Å²) in [6.07, 6.45) is 7.24. The van der Waals surface area contributed by atoms with Crippen LogP contribution < -0.4 is 40.8 Å². The van der Waals surface area contributed by atoms with E-state index in [1.165, 1.54) is 7.05 Å². The van der Waals surface area contributed by atoms with Gasteiger partial charge < -0.3 is 39.7 Å². The van der Waals surface area contributed by atoms with Crippen molar-refractivity contribution in [2.24, 2.45) is 17.3 Å². The molecule has 2 atom stereocenters. The number of likely N-dealkylation sites (N-methyl/N-ethyl adjacent to an activating group) is 1. The van der Waals surface area contributed by atoms with Crippen molar-refractivity contribution >= 4 is 81.1 Å². The Kier molecular flexibility index (Phi) is 12.3. The van der Waals surface area contributed by atoms with Crippen molar-refractivity contribution < 1.29 is 38.2 Å². The first-order valence-electron chi connectivity index (χ1n) is 24.7. The lowest BCUT2D eigenvalue weighted by Gasteiger charge is -2.38. The number of pyridine rings is 1. The van der Waals surface area contributed by atoms with Crippen LogP contribution in [0.4, 0.5) is 23.1 Å². The van der Waals surface area contributed by atoms with Crippen molar-refractivity contribution in [1.82, 2.24) is 39.9 Å². The first-order valence-corrected chi connectivity index (χ1v) is 25.1. The summed E-state index contributed by atoms with van der Waals surface area (Å²) in [4.78, 5) is 109. The Balaban J connectivity index is 0.650. The molecule has 20 nitrogen and oxygen atoms in total. The quantitative estimate of drug-likeness (QED) is 0.184. The van der Waals surface area contributed by atoms with Gasteiger partial charge in [0.05, 0.1) is 29.4 Å². The highest BCUT2D eigenvalue weighted by Crippen LogP contribution is 2.43. The van der Waals surface area contributed by atoms with Crippen LogP contribution >= 0.6 is 11.6 Å². The Morgan fingerprint density at radius 3 is 2.46 bits per heavy atom. The third kappa shape index (κ3) is 8.89. The minimum absolute atomic E-state index is 0.0623. The third-order valence-electron chi connectivity index (χ3n) is 15.6. The minimum Gasteiger partial charge on any atom is -0.489 e. The maximum atomic E-state index is 13.9. The number of carbonyl (C=O) groups excluding carboxylic acids is 6. The number of benzene rings is 2. The second-order valence-electron chi connectivity index (χ2n) is 20.0. The second kappa shape index (κ2) is 18.7. The molecule has 71 heavy (non-hydrogen) atoms. The van der Waals surface area contributed by atoms with Gasteiger partial charge in [0.15, 0.2) is 18.2 Å². The lowest BCUT2D eigenvalue weighted by atomic mass is 9.86. The summed E-state index contributed by atoms with van der Waals surface area (Å²) in [6.45, 7) is 7.88. The number of likely N-dealkylation sites (tertiary alicyclic amines) is 2. The molecule has 1 spiro atoms. The number of fused-ring (bicyclic) bond motifs is 1. The molecule has 0 saturated carbocycles. The third-order valence-corrected chi connectivity index (χ3v) is 15.9. The number of aromatic nitrogens is 3. The normalized spacial score (nSPS) is 22.9. The maximum absolute atomic E-state index is 13.9. The molecule has 0 bridgehead atoms. The zero-order chi connectivity index (χ0) is 49.1. The van der Waals surface area contributed by atoms with Gasteiger partial charge in [-0.3, -0.25) is 48.3 Å². The van der Waals surface area contributed by atoms with E-state index in [4.69, 9.17) is 26.1 Å². The molecular weight excluding hydrogens is 934 g/mol. The number of piperidine rings is 3. The van der Waals surface area contributed by atoms with Gasteiger partial charge in [0.2, 0.25) is 23.7 Å². The van der Waals surface area contributed by atoms with E-state index >= 15 is 0 Å². The summed E-state index contributed by atoms with van der Waals surface area (Å²) in [7, 11) is 1.50. The monoisotopic (exact) mass is 989 g/mol. The van der Waals surface area contributed by atoms with E-state index in [1.54, 1.807) is 35.0 Å². The molecule has 2 aromatic carbocycles. The van der Waals surface area contributed by atoms with Crippen LogP contribution in [-0.2, 0) is 25.7 Å². The van der Waals surface area contributed by atoms with E-state index in [9.17, 15) is 33.6 Å². The summed E-state index contributed by atoms with van der Waals surface area (Å²) in [5, 5.41) is 9.06. The van der Waals surface area contributed by atoms with Crippen LogP contribution in [0.1, 0.15) is 72.1 Å². The first-order chi connectivity index (χ1) is 34.3. The Hall–Kier alpha value is -6.80. The Morgan fingerprint density at radius 2 is 1.68 bits per heavy atom. The van der Waals surface area contributed by atoms with Crippen molar-refractivity contribution in [3.8, 4) is 11.5 Å². The van der Waals surface area contributed by atoms with Crippen LogP contribution in [0.5, 0.6) is 11.5 Å². The van der Waals surface area contributed by atoms with Crippen LogP contribution in [0.3, 0.4) is 0 Å². The maximum Gasteiger partial charge on any atom is 0.293 e. The largest absolute Gasteiger partial charge is 0.489 e. The Labute approximate surface area is 413 Å². The number of rotatable bonds is 11. The van der Waals surface area contributed by atoms with Crippen LogP contribution in [0.2, 0.25) is 5.02 Å². The van der Waals surface area contributed by atoms with Gasteiger partial charge in [0.25, 0.3) is 23.3 Å². The average Bonchev–Trinajstić information content (AvgIpc) is 4.06. The van der Waals surface area contributed by atoms with Crippen LogP contribution in [0.15, 0.2) is 47.4 Å². The van der Waals surface area contributed by atoms with Crippen molar-refractivity contribution in [3.05, 3.63) is 69.1 Å². The second-order valence-corrected chi connectivity index (χ2v) is 20.5. The van der Waals surface area contributed by atoms with Crippen molar-refractivity contribution in [3.63, 3.8) is 0 Å². The number of nitrogens with zero attached hydrogens (tertiary/aromatic N) is 8. The van der Waals surface area contributed by atoms with E-state index < -0.39 is 29.7 Å². The summed E-state index contributed by atoms with van der Waals surface area (Å²) < 4.78 is 13.2. The molecule has 4 aromatic rings. The zero-order valence-electron chi connectivity index (χ0n) is 39.5. The molecule has 0 radical (unpaired) electrons. The van der Waals surface area contributed by atoms with Crippen molar-refractivity contribution in [2.45, 2.75) is 64.0 Å². The molecule has 2 aromatic heterocycles. The van der Waals surface area contributed by atoms with Gasteiger partial charge in [0, 0.05) is 100.0 Å². The standard InChI is InChI=1S/C50H56ClN11O9/c1-52-41(64)26-71-39-21-31-20-32(22-38-42(31)61(48(39)69)18-19-70-38)54-43-36(51)24-53-49(56-43)59-14-8-30(9-15-59)45(66)58-12-6-29(7-13-58)25-57-16-10-50(27-57)11-17-60(28-50)33-2-3-34-35(23-33)47(68)62(46(34)67)37-4-5-40(63)55-44(37)65/h2-3,20-24,29-30,37H,4-19,25-28H2,1H3,(H,52,64)(H,53,54,56)(H,55,63,65). The number of anilines is 4. The molecular formula is C50H56ClN11O9. The van der Waals surface area contributed by atoms with Crippen molar-refractivity contribution in [2.75, 3.05) is 94.3 Å². The van der Waals surface area contributed by atoms with Gasteiger partial charge in [0.1, 0.15) is 23.4 Å². The fraction of sp³-hybridized carbons (Fsp3) is 0.500. The number of hydrogen-bond acceptors (Lipinski definition) is 15. The number of ether oxygens (including phenoxy) is 2. The molecule has 0 aliphatic carbocycles. The molecule has 372 valence electrons. The van der Waals surface area contributed by atoms with E-state index in [2.05, 4.69) is 40.5 Å². The molecule has 11 rings (SSSR count). The molecule has 5 fully saturated rings.